The van der Waals surface area contributed by atoms with E-state index in [9.17, 15) is 33.2 Å². The number of rotatable bonds is 5. The second-order valence-corrected chi connectivity index (χ2v) is 11.3. The summed E-state index contributed by atoms with van der Waals surface area (Å²) in [5.74, 6) is -5.06. The Morgan fingerprint density at radius 3 is 2.27 bits per heavy atom. The molecule has 1 aromatic rings. The number of amides is 6. The summed E-state index contributed by atoms with van der Waals surface area (Å²) in [6.07, 6.45) is 0.988. The number of amidine groups is 1. The number of benzene rings is 1. The lowest BCUT2D eigenvalue weighted by molar-refractivity contribution is -0.146. The van der Waals surface area contributed by atoms with Gasteiger partial charge in [0.1, 0.15) is 11.7 Å². The quantitative estimate of drug-likeness (QED) is 0.318. The fraction of sp³-hybridized carbons (Fsp3) is 0.519. The number of Topliss-reactive ketones (excluding diaryl/α,β-unsaturated/α-hetero) is 1. The van der Waals surface area contributed by atoms with Crippen LogP contribution in [0.15, 0.2) is 23.2 Å². The predicted molar refractivity (Wildman–Crippen MR) is 144 cm³/mol. The van der Waals surface area contributed by atoms with Crippen LogP contribution in [-0.4, -0.2) is 108 Å². The van der Waals surface area contributed by atoms with Crippen LogP contribution < -0.4 is 16.0 Å². The maximum Gasteiger partial charge on any atom is 0.317 e. The van der Waals surface area contributed by atoms with E-state index in [1.165, 1.54) is 31.1 Å². The molecule has 1 unspecified atom stereocenters. The van der Waals surface area contributed by atoms with Gasteiger partial charge in [-0.15, -0.1) is 0 Å². The second-order valence-electron chi connectivity index (χ2n) is 11.3. The van der Waals surface area contributed by atoms with Crippen molar-refractivity contribution in [2.75, 3.05) is 34.7 Å². The van der Waals surface area contributed by atoms with Gasteiger partial charge in [0.25, 0.3) is 17.6 Å². The van der Waals surface area contributed by atoms with Crippen molar-refractivity contribution in [2.45, 2.75) is 56.3 Å². The summed E-state index contributed by atoms with van der Waals surface area (Å²) in [4.78, 5) is 85.9. The largest absolute Gasteiger partial charge is 0.350 e. The smallest absolute Gasteiger partial charge is 0.317 e. The number of aryl methyl sites for hydroxylation is 1. The second kappa shape index (κ2) is 10.9. The van der Waals surface area contributed by atoms with Crippen LogP contribution in [0.4, 0.5) is 9.18 Å². The zero-order valence-corrected chi connectivity index (χ0v) is 23.7. The summed E-state index contributed by atoms with van der Waals surface area (Å²) in [6.45, 7) is 1.44. The summed E-state index contributed by atoms with van der Waals surface area (Å²) >= 11 is 0. The van der Waals surface area contributed by atoms with E-state index >= 15 is 0 Å². The van der Waals surface area contributed by atoms with E-state index in [0.717, 1.165) is 9.80 Å². The highest BCUT2D eigenvalue weighted by atomic mass is 19.1. The van der Waals surface area contributed by atoms with Gasteiger partial charge in [-0.05, 0) is 49.8 Å². The lowest BCUT2D eigenvalue weighted by Gasteiger charge is -2.42. The molecule has 4 aliphatic rings. The van der Waals surface area contributed by atoms with Crippen LogP contribution in [0.25, 0.3) is 0 Å². The number of likely N-dealkylation sites (N-methyl/N-ethyl adjacent to an activating group) is 1. The molecule has 0 aromatic heterocycles. The number of hydrogen-bond acceptors (Lipinski definition) is 7. The molecule has 1 aromatic carbocycles. The third-order valence-electron chi connectivity index (χ3n) is 7.83. The Bertz CT molecular complexity index is 1350. The highest BCUT2D eigenvalue weighted by molar-refractivity contribution is 6.46. The molecule has 1 saturated carbocycles. The monoisotopic (exact) mass is 571 g/mol. The van der Waals surface area contributed by atoms with Crippen molar-refractivity contribution >= 4 is 41.3 Å². The van der Waals surface area contributed by atoms with Crippen LogP contribution in [0.1, 0.15) is 36.8 Å². The molecular weight excluding hydrogens is 537 g/mol. The molecule has 2 bridgehead atoms. The molecule has 3 N–H and O–H groups in total. The Morgan fingerprint density at radius 2 is 1.68 bits per heavy atom. The van der Waals surface area contributed by atoms with Gasteiger partial charge in [0.15, 0.2) is 6.04 Å². The first-order valence-electron chi connectivity index (χ1n) is 13.2. The van der Waals surface area contributed by atoms with Crippen LogP contribution in [0.5, 0.6) is 0 Å². The molecule has 2 saturated heterocycles. The Kier molecular flexibility index (Phi) is 7.87. The number of aliphatic imine (C=N–C) groups is 1. The van der Waals surface area contributed by atoms with Crippen molar-refractivity contribution in [1.82, 2.24) is 30.7 Å². The summed E-state index contributed by atoms with van der Waals surface area (Å²) in [5, 5.41) is 8.28. The van der Waals surface area contributed by atoms with Gasteiger partial charge in [-0.1, -0.05) is 12.1 Å². The highest BCUT2D eigenvalue weighted by Crippen LogP contribution is 2.42. The molecule has 41 heavy (non-hydrogen) atoms. The van der Waals surface area contributed by atoms with E-state index in [2.05, 4.69) is 20.9 Å². The maximum atomic E-state index is 13.6. The zero-order valence-electron chi connectivity index (χ0n) is 23.7. The van der Waals surface area contributed by atoms with Crippen LogP contribution >= 0.6 is 0 Å². The van der Waals surface area contributed by atoms with Crippen LogP contribution in [-0.2, 0) is 30.5 Å². The topological polar surface area (TPSA) is 161 Å². The van der Waals surface area contributed by atoms with Crippen molar-refractivity contribution in [3.8, 4) is 0 Å². The first-order chi connectivity index (χ1) is 19.2. The molecule has 220 valence electrons. The SMILES string of the molecule is Cc1cc(CNC(=O)C2N=C3N(CC4(NC(=O)N(C)C)CCC3(NC(=O)C(=O)N(C)C)CC4)C(=O)C2=O)ccc1F. The number of nitrogens with one attached hydrogen (secondary N) is 3. The van der Waals surface area contributed by atoms with Crippen LogP contribution in [0.2, 0.25) is 0 Å². The molecule has 3 aliphatic heterocycles. The average Bonchev–Trinajstić information content (AvgIpc) is 3.13. The lowest BCUT2D eigenvalue weighted by Crippen LogP contribution is -2.65. The Labute approximate surface area is 236 Å². The average molecular weight is 572 g/mol. The van der Waals surface area contributed by atoms with Gasteiger partial charge in [0.2, 0.25) is 0 Å². The third-order valence-corrected chi connectivity index (χ3v) is 7.83. The van der Waals surface area contributed by atoms with Crippen molar-refractivity contribution in [3.63, 3.8) is 0 Å². The van der Waals surface area contributed by atoms with E-state index in [1.54, 1.807) is 27.1 Å². The number of carbonyl (C=O) groups is 6. The summed E-state index contributed by atoms with van der Waals surface area (Å²) < 4.78 is 13.6. The lowest BCUT2D eigenvalue weighted by atomic mass is 9.73. The molecule has 1 aliphatic carbocycles. The summed E-state index contributed by atoms with van der Waals surface area (Å²) in [7, 11) is 5.99. The standard InChI is InChI=1S/C27H34FN7O6/c1-15-12-16(6-7-17(15)28)13-29-20(37)18-19(36)22(39)35-14-26(32-25(41)34(4)5)8-10-27(11-9-26,24(35)30-18)31-21(38)23(40)33(2)3/h6-7,12,18H,8-11,13-14H2,1-5H3,(H,29,37)(H,31,38)(H,32,41). The van der Waals surface area contributed by atoms with Crippen molar-refractivity contribution in [1.29, 1.82) is 0 Å². The number of fused-ring (bicyclic) bond motifs is 2. The number of carbonyl (C=O) groups excluding carboxylic acids is 6. The molecular formula is C27H34FN7O6. The minimum absolute atomic E-state index is 0.00161. The zero-order chi connectivity index (χ0) is 30.3. The van der Waals surface area contributed by atoms with Gasteiger partial charge in [0.05, 0.1) is 17.6 Å². The minimum atomic E-state index is -1.72. The van der Waals surface area contributed by atoms with E-state index in [1.807, 2.05) is 0 Å². The van der Waals surface area contributed by atoms with Gasteiger partial charge in [-0.25, -0.2) is 14.2 Å². The molecule has 6 amide bonds. The molecule has 0 spiro atoms. The Balaban J connectivity index is 1.70. The van der Waals surface area contributed by atoms with Gasteiger partial charge >= 0.3 is 17.8 Å². The fourth-order valence-electron chi connectivity index (χ4n) is 5.40. The normalized spacial score (nSPS) is 25.0. The Hall–Kier alpha value is -4.36. The molecule has 1 atom stereocenters. The predicted octanol–water partition coefficient (Wildman–Crippen LogP) is -0.530. The van der Waals surface area contributed by atoms with Crippen LogP contribution in [0.3, 0.4) is 0 Å². The summed E-state index contributed by atoms with van der Waals surface area (Å²) in [6, 6.07) is 2.18. The van der Waals surface area contributed by atoms with E-state index in [-0.39, 0.29) is 31.8 Å². The number of hydrogen-bond donors (Lipinski definition) is 3. The van der Waals surface area contributed by atoms with Crippen molar-refractivity contribution in [3.05, 3.63) is 35.1 Å². The van der Waals surface area contributed by atoms with Gasteiger partial charge < -0.3 is 25.8 Å². The first-order valence-corrected chi connectivity index (χ1v) is 13.2. The number of halogens is 1. The maximum absolute atomic E-state index is 13.6. The molecule has 5 rings (SSSR count). The molecule has 0 radical (unpaired) electrons. The van der Waals surface area contributed by atoms with Crippen molar-refractivity contribution in [2.24, 2.45) is 4.99 Å². The molecule has 3 fully saturated rings. The van der Waals surface area contributed by atoms with E-state index in [0.29, 0.717) is 24.0 Å². The minimum Gasteiger partial charge on any atom is -0.350 e. The highest BCUT2D eigenvalue weighted by Gasteiger charge is 2.58. The number of nitrogens with zero attached hydrogens (tertiary/aromatic N) is 4. The number of ketones is 1. The van der Waals surface area contributed by atoms with Gasteiger partial charge in [0, 0.05) is 34.7 Å². The summed E-state index contributed by atoms with van der Waals surface area (Å²) in [5.41, 5.74) is -1.30. The Morgan fingerprint density at radius 1 is 1.02 bits per heavy atom. The third kappa shape index (κ3) is 5.63. The fourth-order valence-corrected chi connectivity index (χ4v) is 5.40. The van der Waals surface area contributed by atoms with Gasteiger partial charge in [-0.3, -0.25) is 28.9 Å². The van der Waals surface area contributed by atoms with Gasteiger partial charge in [-0.2, -0.15) is 0 Å². The van der Waals surface area contributed by atoms with E-state index in [4.69, 9.17) is 0 Å². The van der Waals surface area contributed by atoms with Crippen LogP contribution in [0, 0.1) is 12.7 Å². The number of urea groups is 1. The first kappa shape index (κ1) is 29.6. The van der Waals surface area contributed by atoms with E-state index < -0.39 is 58.4 Å². The molecule has 3 heterocycles. The molecule has 13 nitrogen and oxygen atoms in total. The molecule has 14 heteroatoms. The van der Waals surface area contributed by atoms with Crippen molar-refractivity contribution < 1.29 is 33.2 Å².